The summed E-state index contributed by atoms with van der Waals surface area (Å²) in [6, 6.07) is 2.02. The second-order valence-electron chi connectivity index (χ2n) is 9.85. The first-order valence-electron chi connectivity index (χ1n) is 12.5. The van der Waals surface area contributed by atoms with E-state index in [4.69, 9.17) is 19.6 Å². The number of hydrogen-bond acceptors (Lipinski definition) is 8. The first-order valence-corrected chi connectivity index (χ1v) is 12.5. The third-order valence-corrected chi connectivity index (χ3v) is 6.35. The Labute approximate surface area is 215 Å². The molecule has 37 heavy (non-hydrogen) atoms. The Balaban J connectivity index is 1.71. The van der Waals surface area contributed by atoms with E-state index in [1.54, 1.807) is 10.9 Å². The predicted octanol–water partition coefficient (Wildman–Crippen LogP) is 3.03. The van der Waals surface area contributed by atoms with Gasteiger partial charge in [0, 0.05) is 25.5 Å². The van der Waals surface area contributed by atoms with Crippen LogP contribution < -0.4 is 9.47 Å². The van der Waals surface area contributed by atoms with E-state index in [1.807, 2.05) is 64.7 Å². The molecule has 2 N–H and O–H groups in total. The summed E-state index contributed by atoms with van der Waals surface area (Å²) < 4.78 is 16.1. The minimum atomic E-state index is -0.127. The van der Waals surface area contributed by atoms with Gasteiger partial charge in [-0.3, -0.25) is 19.7 Å². The van der Waals surface area contributed by atoms with Gasteiger partial charge in [-0.15, -0.1) is 5.10 Å². The highest BCUT2D eigenvalue weighted by Gasteiger charge is 2.23. The second-order valence-corrected chi connectivity index (χ2v) is 9.85. The van der Waals surface area contributed by atoms with Gasteiger partial charge in [0.2, 0.25) is 11.8 Å². The van der Waals surface area contributed by atoms with Crippen LogP contribution in [0.5, 0.6) is 11.8 Å². The molecule has 5 heterocycles. The highest BCUT2D eigenvalue weighted by atomic mass is 16.5. The Morgan fingerprint density at radius 3 is 2.84 bits per heavy atom. The number of rotatable bonds is 4. The van der Waals surface area contributed by atoms with E-state index < -0.39 is 0 Å². The molecular formula is C26H34N8O3. The molecule has 11 heteroatoms. The molecule has 4 aromatic rings. The zero-order chi connectivity index (χ0) is 26.3. The molecular weight excluding hydrogens is 472 g/mol. The lowest BCUT2D eigenvalue weighted by Gasteiger charge is -2.23. The summed E-state index contributed by atoms with van der Waals surface area (Å²) in [5.41, 5.74) is 5.91. The second kappa shape index (κ2) is 9.98. The fourth-order valence-electron chi connectivity index (χ4n) is 4.76. The third kappa shape index (κ3) is 4.84. The van der Waals surface area contributed by atoms with Gasteiger partial charge in [0.15, 0.2) is 0 Å². The van der Waals surface area contributed by atoms with Gasteiger partial charge < -0.3 is 14.6 Å². The van der Waals surface area contributed by atoms with E-state index in [-0.39, 0.29) is 18.8 Å². The Morgan fingerprint density at radius 2 is 2.08 bits per heavy atom. The van der Waals surface area contributed by atoms with Crippen molar-refractivity contribution < 1.29 is 14.6 Å². The Hall–Kier alpha value is -3.70. The van der Waals surface area contributed by atoms with Crippen molar-refractivity contribution in [2.45, 2.75) is 53.0 Å². The van der Waals surface area contributed by atoms with Crippen LogP contribution in [-0.4, -0.2) is 77.2 Å². The van der Waals surface area contributed by atoms with Crippen molar-refractivity contribution in [1.29, 1.82) is 0 Å². The number of ether oxygens (including phenoxy) is 2. The van der Waals surface area contributed by atoms with Crippen LogP contribution in [0.15, 0.2) is 12.3 Å². The first-order chi connectivity index (χ1) is 17.7. The number of pyridine rings is 1. The number of aromatic nitrogens is 7. The van der Waals surface area contributed by atoms with E-state index in [0.717, 1.165) is 44.8 Å². The summed E-state index contributed by atoms with van der Waals surface area (Å²) in [7, 11) is 3.91. The Bertz CT molecular complexity index is 1450. The smallest absolute Gasteiger partial charge is 0.240 e. The van der Waals surface area contributed by atoms with Gasteiger partial charge in [-0.05, 0) is 53.0 Å². The van der Waals surface area contributed by atoms with Crippen LogP contribution >= 0.6 is 0 Å². The van der Waals surface area contributed by atoms with Crippen LogP contribution in [0.3, 0.4) is 0 Å². The van der Waals surface area contributed by atoms with Crippen LogP contribution in [0.4, 0.5) is 0 Å². The van der Waals surface area contributed by atoms with Crippen molar-refractivity contribution >= 4 is 23.1 Å². The van der Waals surface area contributed by atoms with Crippen LogP contribution in [0.2, 0.25) is 0 Å². The van der Waals surface area contributed by atoms with E-state index in [9.17, 15) is 5.11 Å². The van der Waals surface area contributed by atoms with Crippen molar-refractivity contribution in [2.24, 2.45) is 7.05 Å². The average molecular weight is 507 g/mol. The number of aliphatic hydroxyl groups excluding tert-OH is 1. The van der Waals surface area contributed by atoms with Crippen LogP contribution in [0, 0.1) is 6.92 Å². The summed E-state index contributed by atoms with van der Waals surface area (Å²) in [4.78, 5) is 7.00. The topological polar surface area (TPSA) is 119 Å². The Kier molecular flexibility index (Phi) is 6.74. The van der Waals surface area contributed by atoms with Gasteiger partial charge in [-0.1, -0.05) is 0 Å². The minimum Gasteiger partial charge on any atom is -0.473 e. The van der Waals surface area contributed by atoms with Crippen molar-refractivity contribution in [3.63, 3.8) is 0 Å². The van der Waals surface area contributed by atoms with E-state index >= 15 is 0 Å². The molecule has 0 amide bonds. The third-order valence-electron chi connectivity index (χ3n) is 6.35. The lowest BCUT2D eigenvalue weighted by molar-refractivity contribution is 0.146. The summed E-state index contributed by atoms with van der Waals surface area (Å²) in [6.45, 7) is 9.55. The largest absolute Gasteiger partial charge is 0.473 e. The molecule has 2 bridgehead atoms. The molecule has 11 nitrogen and oxygen atoms in total. The summed E-state index contributed by atoms with van der Waals surface area (Å²) >= 11 is 0. The van der Waals surface area contributed by atoms with E-state index in [1.165, 1.54) is 0 Å². The monoisotopic (exact) mass is 506 g/mol. The van der Waals surface area contributed by atoms with Crippen molar-refractivity contribution in [1.82, 2.24) is 39.6 Å². The summed E-state index contributed by atoms with van der Waals surface area (Å²) in [6.07, 6.45) is 5.63. The molecule has 1 atom stereocenters. The van der Waals surface area contributed by atoms with Gasteiger partial charge >= 0.3 is 0 Å². The number of aromatic amines is 1. The number of likely N-dealkylation sites (N-methyl/N-ethyl adjacent to an activating group) is 1. The van der Waals surface area contributed by atoms with Gasteiger partial charge in [0.1, 0.15) is 11.6 Å². The molecule has 4 aromatic heterocycles. The summed E-state index contributed by atoms with van der Waals surface area (Å²) in [5.74, 6) is 1.21. The van der Waals surface area contributed by atoms with E-state index in [2.05, 4.69) is 20.2 Å². The zero-order valence-electron chi connectivity index (χ0n) is 22.2. The van der Waals surface area contributed by atoms with Gasteiger partial charge in [0.05, 0.1) is 59.4 Å². The lowest BCUT2D eigenvalue weighted by atomic mass is 10.1. The maximum atomic E-state index is 9.72. The number of aliphatic hydroxyl groups is 1. The van der Waals surface area contributed by atoms with Crippen molar-refractivity contribution in [3.05, 3.63) is 34.9 Å². The molecule has 0 fully saturated rings. The fourth-order valence-corrected chi connectivity index (χ4v) is 4.76. The quantitative estimate of drug-likeness (QED) is 0.434. The number of nitrogens with one attached hydrogen (secondary N) is 1. The van der Waals surface area contributed by atoms with Crippen LogP contribution in [0.1, 0.15) is 43.4 Å². The van der Waals surface area contributed by atoms with Crippen molar-refractivity contribution in [2.75, 3.05) is 20.2 Å². The van der Waals surface area contributed by atoms with Gasteiger partial charge in [-0.2, -0.15) is 10.2 Å². The van der Waals surface area contributed by atoms with Gasteiger partial charge in [-0.25, -0.2) is 4.68 Å². The highest BCUT2D eigenvalue weighted by Crippen LogP contribution is 2.34. The predicted molar refractivity (Wildman–Crippen MR) is 141 cm³/mol. The molecule has 0 aromatic carbocycles. The molecule has 0 saturated heterocycles. The number of nitrogens with zero attached hydrogens (tertiary/aromatic N) is 7. The number of H-pyrrole nitrogens is 1. The number of hydrogen-bond donors (Lipinski definition) is 2. The molecule has 0 spiro atoms. The standard InChI is InChI=1S/C26H34N8O3/c1-15(2)36-25-18-7-8-21-19-11-22(28-17(4)24(19)30-29-21)20-12-27-33(6)26(20)37-16(3)13-32(5)14-23(18)34(31-25)9-10-35/h7-8,11-12,15-16,35H,9-10,13-14H2,1-6H3,(H,29,30)/b8-7+/t16-/m0/s1. The lowest BCUT2D eigenvalue weighted by Crippen LogP contribution is -2.32. The minimum absolute atomic E-state index is 0.0221. The van der Waals surface area contributed by atoms with E-state index in [0.29, 0.717) is 31.4 Å². The van der Waals surface area contributed by atoms with Crippen LogP contribution in [0.25, 0.3) is 34.3 Å². The molecule has 0 saturated carbocycles. The zero-order valence-corrected chi connectivity index (χ0v) is 22.2. The first kappa shape index (κ1) is 25.0. The molecule has 196 valence electrons. The summed E-state index contributed by atoms with van der Waals surface area (Å²) in [5, 5.41) is 27.5. The van der Waals surface area contributed by atoms with Gasteiger partial charge in [0.25, 0.3) is 0 Å². The highest BCUT2D eigenvalue weighted by molar-refractivity contribution is 5.93. The average Bonchev–Trinajstić information content (AvgIpc) is 3.49. The SMILES string of the molecule is Cc1nc2cc3c([nH]nc13)/C=C/c1c(OC(C)C)nn(CCO)c1CN(C)C[C@H](C)Oc1c-2cnn1C. The molecule has 1 aliphatic rings. The molecule has 0 aliphatic carbocycles. The molecule has 0 unspecified atom stereocenters. The maximum absolute atomic E-state index is 9.72. The normalized spacial score (nSPS) is 17.4. The fraction of sp³-hybridized carbons (Fsp3) is 0.462. The number of fused-ring (bicyclic) bond motifs is 4. The number of aryl methyl sites for hydroxylation is 2. The maximum Gasteiger partial charge on any atom is 0.240 e. The van der Waals surface area contributed by atoms with Crippen LogP contribution in [-0.2, 0) is 20.1 Å². The Morgan fingerprint density at radius 1 is 1.27 bits per heavy atom. The molecule has 5 rings (SSSR count). The molecule has 0 radical (unpaired) electrons. The van der Waals surface area contributed by atoms with Crippen molar-refractivity contribution in [3.8, 4) is 23.0 Å². The molecule has 1 aliphatic heterocycles.